The lowest BCUT2D eigenvalue weighted by molar-refractivity contribution is 0.198. The van der Waals surface area contributed by atoms with Crippen molar-refractivity contribution in [1.82, 2.24) is 9.29 Å². The van der Waals surface area contributed by atoms with Gasteiger partial charge in [0.05, 0.1) is 6.10 Å². The molecule has 4 rings (SSSR count). The number of aromatic nitrogens is 1. The minimum atomic E-state index is -3.61. The Morgan fingerprint density at radius 2 is 1.89 bits per heavy atom. The zero-order chi connectivity index (χ0) is 18.9. The molecule has 0 saturated carbocycles. The van der Waals surface area contributed by atoms with Crippen LogP contribution in [-0.4, -0.2) is 55.1 Å². The van der Waals surface area contributed by atoms with E-state index in [1.165, 1.54) is 4.31 Å². The minimum absolute atomic E-state index is 0.0987. The van der Waals surface area contributed by atoms with Crippen LogP contribution in [0, 0.1) is 0 Å². The molecule has 0 bridgehead atoms. The van der Waals surface area contributed by atoms with Crippen molar-refractivity contribution >= 4 is 15.8 Å². The molecule has 27 heavy (non-hydrogen) atoms. The third kappa shape index (κ3) is 3.78. The third-order valence-corrected chi connectivity index (χ3v) is 6.86. The summed E-state index contributed by atoms with van der Waals surface area (Å²) >= 11 is 0. The van der Waals surface area contributed by atoms with Gasteiger partial charge in [0.25, 0.3) is 0 Å². The van der Waals surface area contributed by atoms with Gasteiger partial charge in [-0.3, -0.25) is 0 Å². The minimum Gasteiger partial charge on any atom is -0.472 e. The molecule has 2 aliphatic heterocycles. The maximum Gasteiger partial charge on any atom is 0.248 e. The van der Waals surface area contributed by atoms with Gasteiger partial charge in [-0.1, -0.05) is 30.3 Å². The molecular weight excluding hydrogens is 366 g/mol. The molecule has 0 spiro atoms. The molecular formula is C19H23N3O4S. The van der Waals surface area contributed by atoms with Crippen molar-refractivity contribution in [1.29, 1.82) is 0 Å². The highest BCUT2D eigenvalue weighted by Gasteiger charge is 2.33. The lowest BCUT2D eigenvalue weighted by atomic mass is 10.2. The summed E-state index contributed by atoms with van der Waals surface area (Å²) in [4.78, 5) is 6.54. The molecule has 3 heterocycles. The fourth-order valence-electron chi connectivity index (χ4n) is 3.24. The molecule has 144 valence electrons. The van der Waals surface area contributed by atoms with Gasteiger partial charge in [-0.15, -0.1) is 0 Å². The Balaban J connectivity index is 1.65. The molecule has 2 fully saturated rings. The van der Waals surface area contributed by atoms with E-state index in [0.717, 1.165) is 12.0 Å². The highest BCUT2D eigenvalue weighted by molar-refractivity contribution is 7.89. The number of benzene rings is 1. The van der Waals surface area contributed by atoms with Crippen molar-refractivity contribution in [3.63, 3.8) is 0 Å². The number of hydrogen-bond donors (Lipinski definition) is 1. The van der Waals surface area contributed by atoms with Crippen molar-refractivity contribution < 1.29 is 18.3 Å². The number of β-amino-alcohol motifs (C(OH)–C–C–N with tert-alkyl or cyclic N) is 1. The number of nitrogens with zero attached hydrogens (tertiary/aromatic N) is 3. The van der Waals surface area contributed by atoms with Crippen LogP contribution in [0.1, 0.15) is 18.4 Å². The predicted octanol–water partition coefficient (Wildman–Crippen LogP) is 1.63. The van der Waals surface area contributed by atoms with Gasteiger partial charge in [-0.2, -0.15) is 9.29 Å². The van der Waals surface area contributed by atoms with Gasteiger partial charge in [0.2, 0.25) is 15.9 Å². The number of anilines is 1. The monoisotopic (exact) mass is 389 g/mol. The summed E-state index contributed by atoms with van der Waals surface area (Å²) in [6, 6.07) is 12.8. The van der Waals surface area contributed by atoms with Crippen LogP contribution in [0.2, 0.25) is 0 Å². The summed E-state index contributed by atoms with van der Waals surface area (Å²) in [5.74, 6) is 0.738. The second-order valence-corrected chi connectivity index (χ2v) is 8.80. The fraction of sp³-hybridized carbons (Fsp3) is 0.421. The molecule has 7 nitrogen and oxygen atoms in total. The first-order valence-corrected chi connectivity index (χ1v) is 10.6. The Kier molecular flexibility index (Phi) is 5.03. The van der Waals surface area contributed by atoms with Crippen LogP contribution < -0.4 is 9.64 Å². The van der Waals surface area contributed by atoms with Crippen LogP contribution in [0.5, 0.6) is 5.88 Å². The van der Waals surface area contributed by atoms with Gasteiger partial charge in [0.15, 0.2) is 0 Å². The standard InChI is InChI=1S/C19H23N3O4S/c23-16-9-12-21(13-16)18-8-7-17(27(24,25)22-10-4-11-22)19(20-18)26-14-15-5-2-1-3-6-15/h1-3,5-8,16,23H,4,9-14H2/t16-/m0/s1. The molecule has 2 aliphatic rings. The van der Waals surface area contributed by atoms with E-state index in [2.05, 4.69) is 4.98 Å². The number of rotatable bonds is 6. The second-order valence-electron chi connectivity index (χ2n) is 6.89. The Morgan fingerprint density at radius 1 is 1.11 bits per heavy atom. The van der Waals surface area contributed by atoms with Crippen LogP contribution in [0.3, 0.4) is 0 Å². The Bertz CT molecular complexity index is 900. The molecule has 0 radical (unpaired) electrons. The van der Waals surface area contributed by atoms with Crippen LogP contribution in [-0.2, 0) is 16.6 Å². The van der Waals surface area contributed by atoms with E-state index in [-0.39, 0.29) is 23.5 Å². The van der Waals surface area contributed by atoms with Gasteiger partial charge in [-0.05, 0) is 30.5 Å². The quantitative estimate of drug-likeness (QED) is 0.809. The van der Waals surface area contributed by atoms with Gasteiger partial charge in [0, 0.05) is 26.2 Å². The largest absolute Gasteiger partial charge is 0.472 e. The van der Waals surface area contributed by atoms with Crippen molar-refractivity contribution in [3.8, 4) is 5.88 Å². The number of sulfonamides is 1. The molecule has 0 amide bonds. The summed E-state index contributed by atoms with van der Waals surface area (Å²) in [6.07, 6.45) is 1.16. The van der Waals surface area contributed by atoms with Crippen molar-refractivity contribution in [3.05, 3.63) is 48.0 Å². The molecule has 2 saturated heterocycles. The molecule has 1 atom stereocenters. The molecule has 1 aromatic carbocycles. The van der Waals surface area contributed by atoms with E-state index in [1.54, 1.807) is 12.1 Å². The van der Waals surface area contributed by atoms with Crippen molar-refractivity contribution in [2.75, 3.05) is 31.1 Å². The van der Waals surface area contributed by atoms with Crippen LogP contribution in [0.4, 0.5) is 5.82 Å². The van der Waals surface area contributed by atoms with Crippen molar-refractivity contribution in [2.24, 2.45) is 0 Å². The normalized spacial score (nSPS) is 20.5. The Labute approximate surface area is 159 Å². The molecule has 2 aromatic rings. The molecule has 0 aliphatic carbocycles. The van der Waals surface area contributed by atoms with E-state index in [4.69, 9.17) is 4.74 Å². The lowest BCUT2D eigenvalue weighted by Gasteiger charge is -2.30. The smallest absolute Gasteiger partial charge is 0.248 e. The first-order valence-electron chi connectivity index (χ1n) is 9.15. The Hall–Kier alpha value is -2.16. The van der Waals surface area contributed by atoms with Gasteiger partial charge in [-0.25, -0.2) is 8.42 Å². The number of pyridine rings is 1. The van der Waals surface area contributed by atoms with E-state index in [1.807, 2.05) is 35.2 Å². The Morgan fingerprint density at radius 3 is 2.52 bits per heavy atom. The zero-order valence-electron chi connectivity index (χ0n) is 15.0. The summed E-state index contributed by atoms with van der Waals surface area (Å²) in [5.41, 5.74) is 0.939. The van der Waals surface area contributed by atoms with E-state index in [9.17, 15) is 13.5 Å². The molecule has 8 heteroatoms. The summed E-state index contributed by atoms with van der Waals surface area (Å²) in [6.45, 7) is 2.47. The third-order valence-electron chi connectivity index (χ3n) is 4.95. The lowest BCUT2D eigenvalue weighted by Crippen LogP contribution is -2.42. The molecule has 1 aromatic heterocycles. The number of hydrogen-bond acceptors (Lipinski definition) is 6. The first kappa shape index (κ1) is 18.2. The van der Waals surface area contributed by atoms with Crippen LogP contribution in [0.25, 0.3) is 0 Å². The fourth-order valence-corrected chi connectivity index (χ4v) is 4.82. The summed E-state index contributed by atoms with van der Waals surface area (Å²) in [7, 11) is -3.61. The average Bonchev–Trinajstić information content (AvgIpc) is 3.05. The van der Waals surface area contributed by atoms with Gasteiger partial charge < -0.3 is 14.7 Å². The van der Waals surface area contributed by atoms with Gasteiger partial charge >= 0.3 is 0 Å². The first-order chi connectivity index (χ1) is 13.0. The number of aliphatic hydroxyl groups is 1. The van der Waals surface area contributed by atoms with Gasteiger partial charge in [0.1, 0.15) is 17.3 Å². The molecule has 1 N–H and O–H groups in total. The second kappa shape index (κ2) is 7.46. The summed E-state index contributed by atoms with van der Waals surface area (Å²) in [5, 5.41) is 9.78. The number of aliphatic hydroxyl groups excluding tert-OH is 1. The highest BCUT2D eigenvalue weighted by Crippen LogP contribution is 2.31. The number of ether oxygens (including phenoxy) is 1. The maximum absolute atomic E-state index is 12.9. The van der Waals surface area contributed by atoms with Crippen LogP contribution in [0.15, 0.2) is 47.4 Å². The SMILES string of the molecule is O=S(=O)(c1ccc(N2CC[C@H](O)C2)nc1OCc1ccccc1)N1CCC1. The predicted molar refractivity (Wildman–Crippen MR) is 101 cm³/mol. The topological polar surface area (TPSA) is 83.0 Å². The maximum atomic E-state index is 12.9. The molecule has 0 unspecified atom stereocenters. The van der Waals surface area contributed by atoms with E-state index < -0.39 is 10.0 Å². The zero-order valence-corrected chi connectivity index (χ0v) is 15.8. The summed E-state index contributed by atoms with van der Waals surface area (Å²) < 4.78 is 33.1. The van der Waals surface area contributed by atoms with E-state index in [0.29, 0.717) is 38.4 Å². The van der Waals surface area contributed by atoms with Crippen molar-refractivity contribution in [2.45, 2.75) is 30.4 Å². The van der Waals surface area contributed by atoms with E-state index >= 15 is 0 Å². The average molecular weight is 389 g/mol. The highest BCUT2D eigenvalue weighted by atomic mass is 32.2. The van der Waals surface area contributed by atoms with Crippen LogP contribution >= 0.6 is 0 Å².